The summed E-state index contributed by atoms with van der Waals surface area (Å²) in [7, 11) is 1.57. The van der Waals surface area contributed by atoms with E-state index in [1.165, 1.54) is 0 Å². The van der Waals surface area contributed by atoms with E-state index >= 15 is 0 Å². The van der Waals surface area contributed by atoms with E-state index in [1.807, 2.05) is 13.0 Å². The van der Waals surface area contributed by atoms with Crippen LogP contribution in [0.15, 0.2) is 48.5 Å². The van der Waals surface area contributed by atoms with Gasteiger partial charge in [-0.2, -0.15) is 0 Å². The van der Waals surface area contributed by atoms with Gasteiger partial charge in [-0.3, -0.25) is 10.1 Å². The van der Waals surface area contributed by atoms with E-state index in [4.69, 9.17) is 4.74 Å². The molecular formula is C16H16N2O3. The number of carbonyl (C=O) groups excluding carboxylic acids is 2. The Morgan fingerprint density at radius 1 is 1.05 bits per heavy atom. The number of anilines is 1. The standard InChI is InChI=1S/C16H16N2O3/c1-11-10-12(15(19)17-2)8-9-14(11)18-16(20)21-13-6-4-3-5-7-13/h3-10H,1-2H3,(H,17,19)(H,18,20). The number of aryl methyl sites for hydroxylation is 1. The summed E-state index contributed by atoms with van der Waals surface area (Å²) in [5.41, 5.74) is 1.92. The lowest BCUT2D eigenvalue weighted by atomic mass is 10.1. The number of nitrogens with one attached hydrogen (secondary N) is 2. The van der Waals surface area contributed by atoms with Crippen molar-refractivity contribution in [3.8, 4) is 5.75 Å². The Morgan fingerprint density at radius 2 is 1.76 bits per heavy atom. The van der Waals surface area contributed by atoms with Gasteiger partial charge in [-0.25, -0.2) is 4.79 Å². The molecule has 5 nitrogen and oxygen atoms in total. The quantitative estimate of drug-likeness (QED) is 0.910. The largest absolute Gasteiger partial charge is 0.417 e. The second-order valence-corrected chi connectivity index (χ2v) is 4.44. The molecule has 0 bridgehead atoms. The zero-order valence-corrected chi connectivity index (χ0v) is 11.8. The number of rotatable bonds is 3. The van der Waals surface area contributed by atoms with Crippen molar-refractivity contribution in [2.45, 2.75) is 6.92 Å². The van der Waals surface area contributed by atoms with Crippen LogP contribution >= 0.6 is 0 Å². The van der Waals surface area contributed by atoms with Crippen molar-refractivity contribution in [2.75, 3.05) is 12.4 Å². The summed E-state index contributed by atoms with van der Waals surface area (Å²) in [6, 6.07) is 13.8. The van der Waals surface area contributed by atoms with Crippen LogP contribution in [-0.2, 0) is 0 Å². The number of ether oxygens (including phenoxy) is 1. The van der Waals surface area contributed by atoms with E-state index in [-0.39, 0.29) is 5.91 Å². The minimum atomic E-state index is -0.572. The summed E-state index contributed by atoms with van der Waals surface area (Å²) in [4.78, 5) is 23.3. The Morgan fingerprint density at radius 3 is 2.38 bits per heavy atom. The molecule has 0 unspecified atom stereocenters. The summed E-state index contributed by atoms with van der Waals surface area (Å²) >= 11 is 0. The number of carbonyl (C=O) groups is 2. The van der Waals surface area contributed by atoms with Crippen molar-refractivity contribution in [1.29, 1.82) is 0 Å². The van der Waals surface area contributed by atoms with Gasteiger partial charge < -0.3 is 10.1 Å². The molecule has 108 valence electrons. The van der Waals surface area contributed by atoms with Crippen molar-refractivity contribution in [2.24, 2.45) is 0 Å². The van der Waals surface area contributed by atoms with Crippen molar-refractivity contribution >= 4 is 17.7 Å². The van der Waals surface area contributed by atoms with Crippen molar-refractivity contribution < 1.29 is 14.3 Å². The number of benzene rings is 2. The van der Waals surface area contributed by atoms with Crippen molar-refractivity contribution in [3.63, 3.8) is 0 Å². The maximum Gasteiger partial charge on any atom is 0.417 e. The maximum absolute atomic E-state index is 11.8. The van der Waals surface area contributed by atoms with Gasteiger partial charge in [0.05, 0.1) is 0 Å². The smallest absolute Gasteiger partial charge is 0.410 e. The van der Waals surface area contributed by atoms with E-state index in [0.717, 1.165) is 5.56 Å². The average Bonchev–Trinajstić information content (AvgIpc) is 2.49. The van der Waals surface area contributed by atoms with Crippen LogP contribution in [0.5, 0.6) is 5.75 Å². The zero-order valence-electron chi connectivity index (χ0n) is 11.8. The Kier molecular flexibility index (Phi) is 4.56. The van der Waals surface area contributed by atoms with E-state index in [0.29, 0.717) is 17.0 Å². The molecule has 0 aliphatic carbocycles. The van der Waals surface area contributed by atoms with E-state index in [9.17, 15) is 9.59 Å². The highest BCUT2D eigenvalue weighted by atomic mass is 16.6. The molecule has 2 amide bonds. The zero-order chi connectivity index (χ0) is 15.2. The highest BCUT2D eigenvalue weighted by molar-refractivity contribution is 5.95. The summed E-state index contributed by atoms with van der Waals surface area (Å²) in [5, 5.41) is 5.20. The lowest BCUT2D eigenvalue weighted by Gasteiger charge is -2.10. The van der Waals surface area contributed by atoms with Crippen molar-refractivity contribution in [1.82, 2.24) is 5.32 Å². The Hall–Kier alpha value is -2.82. The van der Waals surface area contributed by atoms with Crippen LogP contribution in [0.25, 0.3) is 0 Å². The fourth-order valence-corrected chi connectivity index (χ4v) is 1.82. The predicted octanol–water partition coefficient (Wildman–Crippen LogP) is 2.97. The molecule has 0 atom stereocenters. The van der Waals surface area contributed by atoms with Crippen LogP contribution < -0.4 is 15.4 Å². The molecule has 5 heteroatoms. The molecule has 0 saturated carbocycles. The van der Waals surface area contributed by atoms with Crippen LogP contribution in [-0.4, -0.2) is 19.0 Å². The number of amides is 2. The summed E-state index contributed by atoms with van der Waals surface area (Å²) in [5.74, 6) is 0.297. The van der Waals surface area contributed by atoms with Gasteiger partial charge >= 0.3 is 6.09 Å². The SMILES string of the molecule is CNC(=O)c1ccc(NC(=O)Oc2ccccc2)c(C)c1. The summed E-state index contributed by atoms with van der Waals surface area (Å²) in [6.07, 6.45) is -0.572. The van der Waals surface area contributed by atoms with Gasteiger partial charge in [-0.1, -0.05) is 18.2 Å². The molecule has 0 aromatic heterocycles. The number of para-hydroxylation sites is 1. The molecule has 2 N–H and O–H groups in total. The molecule has 0 fully saturated rings. The molecule has 21 heavy (non-hydrogen) atoms. The Labute approximate surface area is 122 Å². The third kappa shape index (κ3) is 3.82. The first-order valence-electron chi connectivity index (χ1n) is 6.47. The second-order valence-electron chi connectivity index (χ2n) is 4.44. The molecule has 2 rings (SSSR count). The predicted molar refractivity (Wildman–Crippen MR) is 80.7 cm³/mol. The van der Waals surface area contributed by atoms with Gasteiger partial charge in [0, 0.05) is 18.3 Å². The molecule has 0 aliphatic heterocycles. The average molecular weight is 284 g/mol. The van der Waals surface area contributed by atoms with Crippen LogP contribution in [0.1, 0.15) is 15.9 Å². The van der Waals surface area contributed by atoms with E-state index in [1.54, 1.807) is 49.5 Å². The second kappa shape index (κ2) is 6.56. The lowest BCUT2D eigenvalue weighted by Crippen LogP contribution is -2.19. The van der Waals surface area contributed by atoms with Crippen LogP contribution in [0.2, 0.25) is 0 Å². The fraction of sp³-hybridized carbons (Fsp3) is 0.125. The minimum Gasteiger partial charge on any atom is -0.410 e. The van der Waals surface area contributed by atoms with Crippen LogP contribution in [0, 0.1) is 6.92 Å². The first kappa shape index (κ1) is 14.6. The molecule has 0 saturated heterocycles. The van der Waals surface area contributed by atoms with E-state index < -0.39 is 6.09 Å². The van der Waals surface area contributed by atoms with E-state index in [2.05, 4.69) is 10.6 Å². The fourth-order valence-electron chi connectivity index (χ4n) is 1.82. The van der Waals surface area contributed by atoms with Gasteiger partial charge in [0.25, 0.3) is 5.91 Å². The molecule has 0 heterocycles. The molecule has 0 radical (unpaired) electrons. The van der Waals surface area contributed by atoms with Gasteiger partial charge in [-0.15, -0.1) is 0 Å². The summed E-state index contributed by atoms with van der Waals surface area (Å²) in [6.45, 7) is 1.81. The third-order valence-corrected chi connectivity index (χ3v) is 2.91. The first-order valence-corrected chi connectivity index (χ1v) is 6.47. The third-order valence-electron chi connectivity index (χ3n) is 2.91. The first-order chi connectivity index (χ1) is 10.1. The Balaban J connectivity index is 2.06. The van der Waals surface area contributed by atoms with Gasteiger partial charge in [0.1, 0.15) is 5.75 Å². The monoisotopic (exact) mass is 284 g/mol. The molecular weight excluding hydrogens is 268 g/mol. The Bertz CT molecular complexity index is 654. The topological polar surface area (TPSA) is 67.4 Å². The lowest BCUT2D eigenvalue weighted by molar-refractivity contribution is 0.0963. The minimum absolute atomic E-state index is 0.170. The van der Waals surface area contributed by atoms with Gasteiger partial charge in [0.15, 0.2) is 0 Å². The normalized spacial score (nSPS) is 9.81. The van der Waals surface area contributed by atoms with Gasteiger partial charge in [-0.05, 0) is 42.8 Å². The highest BCUT2D eigenvalue weighted by Gasteiger charge is 2.09. The van der Waals surface area contributed by atoms with Crippen LogP contribution in [0.4, 0.5) is 10.5 Å². The molecule has 2 aromatic rings. The van der Waals surface area contributed by atoms with Crippen molar-refractivity contribution in [3.05, 3.63) is 59.7 Å². The molecule has 0 aliphatic rings. The maximum atomic E-state index is 11.8. The van der Waals surface area contributed by atoms with Crippen LogP contribution in [0.3, 0.4) is 0 Å². The number of hydrogen-bond donors (Lipinski definition) is 2. The molecule has 0 spiro atoms. The highest BCUT2D eigenvalue weighted by Crippen LogP contribution is 2.17. The summed E-state index contributed by atoms with van der Waals surface area (Å²) < 4.78 is 5.14. The number of hydrogen-bond acceptors (Lipinski definition) is 3. The van der Waals surface area contributed by atoms with Gasteiger partial charge in [0.2, 0.25) is 0 Å². The molecule has 2 aromatic carbocycles.